The molecule has 0 spiro atoms. The van der Waals surface area contributed by atoms with Crippen molar-refractivity contribution >= 4 is 21.4 Å². The molecule has 2 heterocycles. The largest absolute Gasteiger partial charge is 0.293 e. The molecule has 0 atom stereocenters. The van der Waals surface area contributed by atoms with Crippen LogP contribution in [0.15, 0.2) is 29.3 Å². The molecule has 0 fully saturated rings. The third kappa shape index (κ3) is 1.03. The number of aromatic nitrogens is 2. The summed E-state index contributed by atoms with van der Waals surface area (Å²) in [5, 5.41) is 0. The van der Waals surface area contributed by atoms with Crippen molar-refractivity contribution < 1.29 is 4.39 Å². The van der Waals surface area contributed by atoms with Gasteiger partial charge >= 0.3 is 0 Å². The highest BCUT2D eigenvalue weighted by Gasteiger charge is 1.99. The summed E-state index contributed by atoms with van der Waals surface area (Å²) in [4.78, 5) is 3.87. The van der Waals surface area contributed by atoms with E-state index in [1.165, 1.54) is 12.1 Å². The highest BCUT2D eigenvalue weighted by Crippen LogP contribution is 2.14. The summed E-state index contributed by atoms with van der Waals surface area (Å²) < 4.78 is 15.1. The van der Waals surface area contributed by atoms with E-state index in [9.17, 15) is 4.39 Å². The number of imidazole rings is 1. The third-order valence-corrected chi connectivity index (χ3v) is 2.05. The predicted octanol–water partition coefficient (Wildman–Crippen LogP) is 2.24. The van der Waals surface area contributed by atoms with Gasteiger partial charge in [0, 0.05) is 6.07 Å². The first-order valence-electron chi connectivity index (χ1n) is 3.04. The first-order valence-corrected chi connectivity index (χ1v) is 3.84. The number of hydrogen-bond donors (Lipinski definition) is 0. The van der Waals surface area contributed by atoms with Gasteiger partial charge in [-0.1, -0.05) is 0 Å². The van der Waals surface area contributed by atoms with Crippen molar-refractivity contribution in [2.24, 2.45) is 0 Å². The zero-order chi connectivity index (χ0) is 7.84. The molecule has 2 aromatic heterocycles. The second kappa shape index (κ2) is 2.30. The molecule has 56 valence electrons. The molecule has 0 N–H and O–H groups in total. The molecule has 0 unspecified atom stereocenters. The maximum absolute atomic E-state index is 12.7. The molecule has 0 amide bonds. The molecule has 0 bridgehead atoms. The van der Waals surface area contributed by atoms with Crippen molar-refractivity contribution in [1.82, 2.24) is 9.38 Å². The minimum Gasteiger partial charge on any atom is -0.293 e. The first-order chi connectivity index (χ1) is 5.27. The molecule has 0 aromatic carbocycles. The fraction of sp³-hybridized carbons (Fsp3) is 0. The van der Waals surface area contributed by atoms with Gasteiger partial charge in [-0.2, -0.15) is 0 Å². The molecule has 0 aliphatic heterocycles. The van der Waals surface area contributed by atoms with Crippen molar-refractivity contribution in [1.29, 1.82) is 0 Å². The van der Waals surface area contributed by atoms with Crippen LogP contribution in [0.2, 0.25) is 0 Å². The molecule has 11 heavy (non-hydrogen) atoms. The Morgan fingerprint density at radius 3 is 3.09 bits per heavy atom. The van der Waals surface area contributed by atoms with Crippen LogP contribution < -0.4 is 0 Å². The Balaban J connectivity index is 2.91. The van der Waals surface area contributed by atoms with Gasteiger partial charge < -0.3 is 0 Å². The van der Waals surface area contributed by atoms with Crippen LogP contribution in [-0.2, 0) is 0 Å². The minimum atomic E-state index is -0.259. The highest BCUT2D eigenvalue weighted by atomic mass is 79.9. The third-order valence-electron chi connectivity index (χ3n) is 1.44. The van der Waals surface area contributed by atoms with Crippen LogP contribution in [0, 0.1) is 5.82 Å². The number of nitrogens with zero attached hydrogens (tertiary/aromatic N) is 2. The van der Waals surface area contributed by atoms with Crippen molar-refractivity contribution in [2.75, 3.05) is 0 Å². The lowest BCUT2D eigenvalue weighted by Gasteiger charge is -1.96. The molecule has 0 aliphatic rings. The highest BCUT2D eigenvalue weighted by molar-refractivity contribution is 9.10. The van der Waals surface area contributed by atoms with Gasteiger partial charge in [0.05, 0.1) is 16.3 Å². The van der Waals surface area contributed by atoms with Crippen LogP contribution in [0.4, 0.5) is 4.39 Å². The van der Waals surface area contributed by atoms with Crippen LogP contribution in [-0.4, -0.2) is 9.38 Å². The Morgan fingerprint density at radius 1 is 1.45 bits per heavy atom. The van der Waals surface area contributed by atoms with E-state index in [4.69, 9.17) is 0 Å². The Morgan fingerprint density at radius 2 is 2.27 bits per heavy atom. The summed E-state index contributed by atoms with van der Waals surface area (Å²) in [5.74, 6) is -0.259. The molecule has 0 radical (unpaired) electrons. The summed E-state index contributed by atoms with van der Waals surface area (Å²) in [5.41, 5.74) is 0.747. The summed E-state index contributed by atoms with van der Waals surface area (Å²) in [6, 6.07) is 2.83. The Bertz CT molecular complexity index is 396. The minimum absolute atomic E-state index is 0.259. The summed E-state index contributed by atoms with van der Waals surface area (Å²) in [6.45, 7) is 0. The normalized spacial score (nSPS) is 10.7. The summed E-state index contributed by atoms with van der Waals surface area (Å²) in [7, 11) is 0. The van der Waals surface area contributed by atoms with Crippen LogP contribution in [0.25, 0.3) is 5.52 Å². The molecule has 4 heteroatoms. The van der Waals surface area contributed by atoms with E-state index in [1.807, 2.05) is 0 Å². The standard InChI is InChI=1S/C7H4BrFN2/c8-7-2-5(9)1-6-3-10-4-11(6)7/h1-4H. The average Bonchev–Trinajstić information content (AvgIpc) is 2.34. The zero-order valence-electron chi connectivity index (χ0n) is 5.46. The zero-order valence-corrected chi connectivity index (χ0v) is 7.05. The van der Waals surface area contributed by atoms with Gasteiger partial charge in [0.15, 0.2) is 0 Å². The van der Waals surface area contributed by atoms with Gasteiger partial charge in [0.1, 0.15) is 12.1 Å². The lowest BCUT2D eigenvalue weighted by atomic mass is 10.4. The molecule has 2 aromatic rings. The van der Waals surface area contributed by atoms with E-state index in [2.05, 4.69) is 20.9 Å². The number of fused-ring (bicyclic) bond motifs is 1. The quantitative estimate of drug-likeness (QED) is 0.616. The maximum Gasteiger partial charge on any atom is 0.127 e. The lowest BCUT2D eigenvalue weighted by Crippen LogP contribution is -1.85. The van der Waals surface area contributed by atoms with Crippen LogP contribution >= 0.6 is 15.9 Å². The van der Waals surface area contributed by atoms with Crippen LogP contribution in [0.3, 0.4) is 0 Å². The fourth-order valence-electron chi connectivity index (χ4n) is 0.957. The molecule has 2 rings (SSSR count). The average molecular weight is 215 g/mol. The Labute approximate surface area is 70.8 Å². The predicted molar refractivity (Wildman–Crippen MR) is 42.9 cm³/mol. The topological polar surface area (TPSA) is 17.3 Å². The van der Waals surface area contributed by atoms with Gasteiger partial charge in [-0.25, -0.2) is 9.37 Å². The molecule has 0 saturated carbocycles. The van der Waals surface area contributed by atoms with Gasteiger partial charge in [-0.3, -0.25) is 4.40 Å². The van der Waals surface area contributed by atoms with Crippen molar-refractivity contribution in [3.05, 3.63) is 35.1 Å². The van der Waals surface area contributed by atoms with Gasteiger partial charge in [-0.05, 0) is 22.0 Å². The van der Waals surface area contributed by atoms with Crippen molar-refractivity contribution in [2.45, 2.75) is 0 Å². The molecule has 2 nitrogen and oxygen atoms in total. The second-order valence-corrected chi connectivity index (χ2v) is 3.00. The van der Waals surface area contributed by atoms with Crippen molar-refractivity contribution in [3.63, 3.8) is 0 Å². The van der Waals surface area contributed by atoms with E-state index in [0.29, 0.717) is 4.60 Å². The molecule has 0 saturated heterocycles. The maximum atomic E-state index is 12.7. The molecular formula is C7H4BrFN2. The number of rotatable bonds is 0. The smallest absolute Gasteiger partial charge is 0.127 e. The van der Waals surface area contributed by atoms with E-state index in [-0.39, 0.29) is 5.82 Å². The number of halogens is 2. The van der Waals surface area contributed by atoms with Gasteiger partial charge in [-0.15, -0.1) is 0 Å². The number of pyridine rings is 1. The molecule has 0 aliphatic carbocycles. The van der Waals surface area contributed by atoms with Crippen LogP contribution in [0.1, 0.15) is 0 Å². The Hall–Kier alpha value is -0.900. The van der Waals surface area contributed by atoms with E-state index in [1.54, 1.807) is 16.9 Å². The van der Waals surface area contributed by atoms with Gasteiger partial charge in [0.2, 0.25) is 0 Å². The van der Waals surface area contributed by atoms with Crippen LogP contribution in [0.5, 0.6) is 0 Å². The second-order valence-electron chi connectivity index (χ2n) is 2.18. The van der Waals surface area contributed by atoms with E-state index >= 15 is 0 Å². The summed E-state index contributed by atoms with van der Waals surface area (Å²) in [6.07, 6.45) is 3.23. The first kappa shape index (κ1) is 6.79. The monoisotopic (exact) mass is 214 g/mol. The SMILES string of the molecule is Fc1cc(Br)n2cncc2c1. The Kier molecular flexibility index (Phi) is 1.42. The van der Waals surface area contributed by atoms with Crippen molar-refractivity contribution in [3.8, 4) is 0 Å². The van der Waals surface area contributed by atoms with Gasteiger partial charge in [0.25, 0.3) is 0 Å². The van der Waals surface area contributed by atoms with E-state index < -0.39 is 0 Å². The van der Waals surface area contributed by atoms with E-state index in [0.717, 1.165) is 5.52 Å². The molecular weight excluding hydrogens is 211 g/mol. The fourth-order valence-corrected chi connectivity index (χ4v) is 1.47. The summed E-state index contributed by atoms with van der Waals surface area (Å²) >= 11 is 3.21. The number of hydrogen-bond acceptors (Lipinski definition) is 1. The lowest BCUT2D eigenvalue weighted by molar-refractivity contribution is 0.625.